The number of hydrogen-bond donors (Lipinski definition) is 3. The maximum absolute atomic E-state index is 12.1. The lowest BCUT2D eigenvalue weighted by Gasteiger charge is -2.05. The zero-order valence-corrected chi connectivity index (χ0v) is 14.3. The number of nitrogens with one attached hydrogen (secondary N) is 1. The van der Waals surface area contributed by atoms with E-state index in [1.807, 2.05) is 0 Å². The summed E-state index contributed by atoms with van der Waals surface area (Å²) in [7, 11) is 0. The van der Waals surface area contributed by atoms with Crippen LogP contribution in [0.25, 0.3) is 11.3 Å². The number of nitrogens with zero attached hydrogens (tertiary/aromatic N) is 1. The Labute approximate surface area is 154 Å². The van der Waals surface area contributed by atoms with Crippen molar-refractivity contribution in [3.05, 3.63) is 77.6 Å². The molecule has 27 heavy (non-hydrogen) atoms. The lowest BCUT2D eigenvalue weighted by molar-refractivity contribution is 0.0663. The van der Waals surface area contributed by atoms with Gasteiger partial charge in [0.05, 0.1) is 11.3 Å². The lowest BCUT2D eigenvalue weighted by atomic mass is 10.1. The van der Waals surface area contributed by atoms with Crippen LogP contribution in [0, 0.1) is 0 Å². The Morgan fingerprint density at radius 2 is 1.70 bits per heavy atom. The zero-order valence-electron chi connectivity index (χ0n) is 14.3. The second-order valence-corrected chi connectivity index (χ2v) is 5.70. The van der Waals surface area contributed by atoms with Gasteiger partial charge < -0.3 is 14.6 Å². The van der Waals surface area contributed by atoms with Gasteiger partial charge in [-0.1, -0.05) is 36.4 Å². The average molecular weight is 364 g/mol. The molecule has 0 saturated carbocycles. The molecule has 3 N–H and O–H groups in total. The second-order valence-electron chi connectivity index (χ2n) is 5.70. The lowest BCUT2D eigenvalue weighted by Crippen LogP contribution is -2.19. The van der Waals surface area contributed by atoms with Crippen molar-refractivity contribution in [3.63, 3.8) is 0 Å². The maximum atomic E-state index is 12.1. The number of carboxylic acids is 1. The summed E-state index contributed by atoms with van der Waals surface area (Å²) in [5.41, 5.74) is 4.59. The van der Waals surface area contributed by atoms with Crippen LogP contribution in [0.3, 0.4) is 0 Å². The van der Waals surface area contributed by atoms with Crippen molar-refractivity contribution in [2.75, 3.05) is 0 Å². The molecule has 0 spiro atoms. The standard InChI is InChI=1S/C20H16N2O5/c1-12(21-22-19(24)15-4-2-3-5-16(15)23)13-6-8-14(9-7-13)17-10-11-18(27-17)20(25)26/h2-11,23H,1H3,(H,22,24)(H,25,26)/b21-12-. The normalized spacial score (nSPS) is 11.2. The number of hydrazone groups is 1. The van der Waals surface area contributed by atoms with Gasteiger partial charge in [0.1, 0.15) is 11.5 Å². The van der Waals surface area contributed by atoms with Gasteiger partial charge in [-0.3, -0.25) is 4.79 Å². The van der Waals surface area contributed by atoms with Gasteiger partial charge in [0.15, 0.2) is 0 Å². The number of furan rings is 1. The number of phenols is 1. The van der Waals surface area contributed by atoms with Gasteiger partial charge >= 0.3 is 5.97 Å². The summed E-state index contributed by atoms with van der Waals surface area (Å²) in [5, 5.41) is 22.6. The van der Waals surface area contributed by atoms with Gasteiger partial charge in [0.2, 0.25) is 5.76 Å². The highest BCUT2D eigenvalue weighted by Crippen LogP contribution is 2.23. The molecular weight excluding hydrogens is 348 g/mol. The largest absolute Gasteiger partial charge is 0.507 e. The number of aromatic carboxylic acids is 1. The van der Waals surface area contributed by atoms with E-state index in [2.05, 4.69) is 10.5 Å². The number of carbonyl (C=O) groups is 2. The first kappa shape index (κ1) is 17.9. The highest BCUT2D eigenvalue weighted by Gasteiger charge is 2.11. The van der Waals surface area contributed by atoms with E-state index in [1.165, 1.54) is 18.2 Å². The Kier molecular flexibility index (Phi) is 5.03. The molecule has 7 heteroatoms. The van der Waals surface area contributed by atoms with Crippen molar-refractivity contribution in [2.45, 2.75) is 6.92 Å². The molecule has 0 aliphatic heterocycles. The Morgan fingerprint density at radius 1 is 1.00 bits per heavy atom. The van der Waals surface area contributed by atoms with E-state index in [0.717, 1.165) is 11.1 Å². The average Bonchev–Trinajstić information content (AvgIpc) is 3.17. The number of rotatable bonds is 5. The fourth-order valence-electron chi connectivity index (χ4n) is 2.41. The van der Waals surface area contributed by atoms with E-state index in [0.29, 0.717) is 11.5 Å². The number of benzene rings is 2. The maximum Gasteiger partial charge on any atom is 0.371 e. The minimum atomic E-state index is -1.12. The van der Waals surface area contributed by atoms with Gasteiger partial charge in [-0.25, -0.2) is 10.2 Å². The van der Waals surface area contributed by atoms with Crippen molar-refractivity contribution in [1.82, 2.24) is 5.43 Å². The number of phenolic OH excluding ortho intramolecular Hbond substituents is 1. The van der Waals surface area contributed by atoms with Crippen LogP contribution >= 0.6 is 0 Å². The monoisotopic (exact) mass is 364 g/mol. The SMILES string of the molecule is C/C(=N/NC(=O)c1ccccc1O)c1ccc(-c2ccc(C(=O)O)o2)cc1. The minimum Gasteiger partial charge on any atom is -0.507 e. The molecule has 1 amide bonds. The van der Waals surface area contributed by atoms with Crippen molar-refractivity contribution >= 4 is 17.6 Å². The molecule has 136 valence electrons. The number of para-hydroxylation sites is 1. The van der Waals surface area contributed by atoms with E-state index in [-0.39, 0.29) is 17.1 Å². The van der Waals surface area contributed by atoms with E-state index in [9.17, 15) is 14.7 Å². The molecule has 0 atom stereocenters. The third-order valence-corrected chi connectivity index (χ3v) is 3.88. The molecule has 1 heterocycles. The first-order valence-corrected chi connectivity index (χ1v) is 8.02. The fourth-order valence-corrected chi connectivity index (χ4v) is 2.41. The van der Waals surface area contributed by atoms with Crippen LogP contribution in [0.15, 0.2) is 70.2 Å². The van der Waals surface area contributed by atoms with Gasteiger partial charge in [-0.2, -0.15) is 5.10 Å². The first-order chi connectivity index (χ1) is 13.0. The summed E-state index contributed by atoms with van der Waals surface area (Å²) in [6, 6.07) is 16.3. The van der Waals surface area contributed by atoms with Gasteiger partial charge in [0, 0.05) is 5.56 Å². The molecule has 0 aliphatic carbocycles. The third kappa shape index (κ3) is 4.04. The van der Waals surface area contributed by atoms with E-state index in [4.69, 9.17) is 9.52 Å². The molecule has 0 unspecified atom stereocenters. The van der Waals surface area contributed by atoms with Crippen molar-refractivity contribution in [3.8, 4) is 17.1 Å². The van der Waals surface area contributed by atoms with Crippen LogP contribution in [0.1, 0.15) is 33.4 Å². The molecule has 2 aromatic carbocycles. The summed E-state index contributed by atoms with van der Waals surface area (Å²) in [5.74, 6) is -1.44. The van der Waals surface area contributed by atoms with Gasteiger partial charge in [-0.15, -0.1) is 0 Å². The van der Waals surface area contributed by atoms with E-state index in [1.54, 1.807) is 49.4 Å². The molecule has 0 saturated heterocycles. The molecule has 1 aromatic heterocycles. The zero-order chi connectivity index (χ0) is 19.4. The van der Waals surface area contributed by atoms with E-state index < -0.39 is 11.9 Å². The molecule has 0 fully saturated rings. The van der Waals surface area contributed by atoms with Gasteiger partial charge in [-0.05, 0) is 36.8 Å². The molecular formula is C20H16N2O5. The number of aromatic hydroxyl groups is 1. The molecule has 0 radical (unpaired) electrons. The molecule has 3 aromatic rings. The number of hydrogen-bond acceptors (Lipinski definition) is 5. The fraction of sp³-hybridized carbons (Fsp3) is 0.0500. The van der Waals surface area contributed by atoms with Crippen LogP contribution in [0.2, 0.25) is 0 Å². The molecule has 0 bridgehead atoms. The van der Waals surface area contributed by atoms with Crippen molar-refractivity contribution in [1.29, 1.82) is 0 Å². The number of carbonyl (C=O) groups excluding carboxylic acids is 1. The van der Waals surface area contributed by atoms with Crippen LogP contribution in [0.4, 0.5) is 0 Å². The molecule has 3 rings (SSSR count). The quantitative estimate of drug-likeness (QED) is 0.474. The highest BCUT2D eigenvalue weighted by molar-refractivity contribution is 6.01. The second kappa shape index (κ2) is 7.57. The molecule has 0 aliphatic rings. The van der Waals surface area contributed by atoms with Crippen molar-refractivity contribution in [2.24, 2.45) is 5.10 Å². The smallest absolute Gasteiger partial charge is 0.371 e. The third-order valence-electron chi connectivity index (χ3n) is 3.88. The van der Waals surface area contributed by atoms with E-state index >= 15 is 0 Å². The van der Waals surface area contributed by atoms with Crippen LogP contribution in [0.5, 0.6) is 5.75 Å². The first-order valence-electron chi connectivity index (χ1n) is 8.02. The predicted octanol–water partition coefficient (Wildman–Crippen LogP) is 3.50. The van der Waals surface area contributed by atoms with Crippen LogP contribution in [-0.4, -0.2) is 27.8 Å². The Balaban J connectivity index is 1.72. The Bertz CT molecular complexity index is 1020. The summed E-state index contributed by atoms with van der Waals surface area (Å²) < 4.78 is 5.26. The Hall–Kier alpha value is -3.87. The van der Waals surface area contributed by atoms with Crippen LogP contribution < -0.4 is 5.43 Å². The summed E-state index contributed by atoms with van der Waals surface area (Å²) in [6.07, 6.45) is 0. The minimum absolute atomic E-state index is 0.119. The summed E-state index contributed by atoms with van der Waals surface area (Å²) >= 11 is 0. The topological polar surface area (TPSA) is 112 Å². The summed E-state index contributed by atoms with van der Waals surface area (Å²) in [4.78, 5) is 22.9. The number of carboxylic acid groups (broad SMARTS) is 1. The highest BCUT2D eigenvalue weighted by atomic mass is 16.4. The Morgan fingerprint density at radius 3 is 2.33 bits per heavy atom. The molecule has 7 nitrogen and oxygen atoms in total. The van der Waals surface area contributed by atoms with Crippen molar-refractivity contribution < 1.29 is 24.2 Å². The summed E-state index contributed by atoms with van der Waals surface area (Å²) in [6.45, 7) is 1.73. The number of amides is 1. The van der Waals surface area contributed by atoms with Crippen LogP contribution in [-0.2, 0) is 0 Å². The predicted molar refractivity (Wildman–Crippen MR) is 98.9 cm³/mol. The van der Waals surface area contributed by atoms with Gasteiger partial charge in [0.25, 0.3) is 5.91 Å².